The maximum atomic E-state index is 12.5. The van der Waals surface area contributed by atoms with Crippen LogP contribution in [0.5, 0.6) is 0 Å². The number of hydrogen-bond acceptors (Lipinski definition) is 4. The molecule has 0 spiro atoms. The molecule has 2 heterocycles. The largest absolute Gasteiger partial charge is 0.393 e. The minimum atomic E-state index is -0.251. The van der Waals surface area contributed by atoms with Gasteiger partial charge < -0.3 is 10.4 Å². The van der Waals surface area contributed by atoms with Crippen LogP contribution in [0, 0.1) is 5.92 Å². The lowest BCUT2D eigenvalue weighted by Crippen LogP contribution is -2.41. The van der Waals surface area contributed by atoms with Crippen LogP contribution < -0.4 is 5.32 Å². The second-order valence-electron chi connectivity index (χ2n) is 7.02. The smallest absolute Gasteiger partial charge is 0.220 e. The topological polar surface area (TPSA) is 62.2 Å². The molecule has 1 atom stereocenters. The quantitative estimate of drug-likeness (QED) is 0.696. The zero-order valence-corrected chi connectivity index (χ0v) is 15.3. The van der Waals surface area contributed by atoms with Gasteiger partial charge in [0.15, 0.2) is 0 Å². The van der Waals surface area contributed by atoms with Crippen molar-refractivity contribution in [3.8, 4) is 0 Å². The number of aryl methyl sites for hydroxylation is 1. The summed E-state index contributed by atoms with van der Waals surface area (Å²) >= 11 is 1.65. The Hall–Kier alpha value is -2.24. The van der Waals surface area contributed by atoms with Gasteiger partial charge in [-0.2, -0.15) is 11.3 Å². The van der Waals surface area contributed by atoms with Crippen LogP contribution in [0.2, 0.25) is 0 Å². The highest BCUT2D eigenvalue weighted by Gasteiger charge is 2.35. The van der Waals surface area contributed by atoms with Crippen molar-refractivity contribution in [1.29, 1.82) is 0 Å². The molecule has 3 aromatic rings. The second-order valence-corrected chi connectivity index (χ2v) is 7.80. The molecule has 2 N–H and O–H groups in total. The first-order valence-corrected chi connectivity index (χ1v) is 9.96. The van der Waals surface area contributed by atoms with Crippen LogP contribution >= 0.6 is 11.3 Å². The molecule has 0 bridgehead atoms. The lowest BCUT2D eigenvalue weighted by Gasteiger charge is -2.38. The van der Waals surface area contributed by atoms with Crippen molar-refractivity contribution in [2.45, 2.75) is 37.8 Å². The Morgan fingerprint density at radius 2 is 2.15 bits per heavy atom. The van der Waals surface area contributed by atoms with Crippen LogP contribution in [-0.2, 0) is 11.2 Å². The Bertz CT molecular complexity index is 888. The predicted octanol–water partition coefficient (Wildman–Crippen LogP) is 3.86. The highest BCUT2D eigenvalue weighted by molar-refractivity contribution is 7.07. The summed E-state index contributed by atoms with van der Waals surface area (Å²) in [7, 11) is 0. The number of aliphatic hydroxyl groups excluding tert-OH is 1. The number of aromatic nitrogens is 1. The molecule has 0 radical (unpaired) electrons. The summed E-state index contributed by atoms with van der Waals surface area (Å²) in [6, 6.07) is 12.1. The molecule has 1 aliphatic carbocycles. The Balaban J connectivity index is 1.50. The Morgan fingerprint density at radius 1 is 1.31 bits per heavy atom. The molecule has 0 aliphatic heterocycles. The number of rotatable bonds is 6. The number of thiophene rings is 1. The van der Waals surface area contributed by atoms with Gasteiger partial charge in [0.1, 0.15) is 0 Å². The van der Waals surface area contributed by atoms with E-state index < -0.39 is 0 Å². The molecule has 0 saturated heterocycles. The maximum absolute atomic E-state index is 12.5. The van der Waals surface area contributed by atoms with E-state index in [4.69, 9.17) is 0 Å². The van der Waals surface area contributed by atoms with Gasteiger partial charge in [-0.15, -0.1) is 0 Å². The van der Waals surface area contributed by atoms with Crippen molar-refractivity contribution in [1.82, 2.24) is 10.3 Å². The average molecular weight is 366 g/mol. The van der Waals surface area contributed by atoms with E-state index in [-0.39, 0.29) is 24.0 Å². The molecule has 0 unspecified atom stereocenters. The molecule has 1 aliphatic rings. The fourth-order valence-electron chi connectivity index (χ4n) is 3.57. The van der Waals surface area contributed by atoms with E-state index >= 15 is 0 Å². The van der Waals surface area contributed by atoms with Gasteiger partial charge >= 0.3 is 0 Å². The van der Waals surface area contributed by atoms with E-state index in [9.17, 15) is 9.90 Å². The van der Waals surface area contributed by atoms with E-state index in [1.807, 2.05) is 35.8 Å². The third kappa shape index (κ3) is 3.79. The predicted molar refractivity (Wildman–Crippen MR) is 104 cm³/mol. The summed E-state index contributed by atoms with van der Waals surface area (Å²) < 4.78 is 0. The molecule has 1 fully saturated rings. The third-order valence-electron chi connectivity index (χ3n) is 5.13. The summed E-state index contributed by atoms with van der Waals surface area (Å²) in [5.41, 5.74) is 3.17. The number of pyridine rings is 1. The molecule has 26 heavy (non-hydrogen) atoms. The molecule has 1 amide bonds. The number of carbonyl (C=O) groups excluding carboxylic acids is 1. The monoisotopic (exact) mass is 366 g/mol. The number of fused-ring (bicyclic) bond motifs is 1. The zero-order chi connectivity index (χ0) is 17.9. The summed E-state index contributed by atoms with van der Waals surface area (Å²) in [4.78, 5) is 17.1. The van der Waals surface area contributed by atoms with Crippen molar-refractivity contribution in [3.05, 3.63) is 64.5 Å². The number of para-hydroxylation sites is 1. The van der Waals surface area contributed by atoms with Gasteiger partial charge in [0.25, 0.3) is 0 Å². The Kier molecular flexibility index (Phi) is 5.00. The van der Waals surface area contributed by atoms with Gasteiger partial charge in [0, 0.05) is 18.0 Å². The molecule has 2 aromatic heterocycles. The molecular formula is C21H22N2O2S. The third-order valence-corrected chi connectivity index (χ3v) is 5.86. The lowest BCUT2D eigenvalue weighted by atomic mass is 9.75. The molecule has 1 aromatic carbocycles. The number of hydrogen-bond donors (Lipinski definition) is 2. The Labute approximate surface area is 156 Å². The van der Waals surface area contributed by atoms with Crippen molar-refractivity contribution >= 4 is 28.1 Å². The first-order chi connectivity index (χ1) is 12.7. The van der Waals surface area contributed by atoms with Gasteiger partial charge in [-0.05, 0) is 65.3 Å². The lowest BCUT2D eigenvalue weighted by molar-refractivity contribution is -0.123. The number of benzene rings is 1. The summed E-state index contributed by atoms with van der Waals surface area (Å²) in [6.45, 7) is 0. The van der Waals surface area contributed by atoms with Crippen molar-refractivity contribution < 1.29 is 9.90 Å². The first-order valence-electron chi connectivity index (χ1n) is 9.02. The molecule has 4 rings (SSSR count). The van der Waals surface area contributed by atoms with E-state index in [1.54, 1.807) is 11.3 Å². The standard InChI is InChI=1S/C21H22N2O2S/c24-18-10-16(11-18)21(23-20(25)6-5-14-7-8-26-13-14)17-9-15-3-1-2-4-19(15)22-12-17/h1-4,7-9,12-13,16,18,21,24H,5-6,10-11H2,(H,23,25)/t16?,18?,21-/m1/s1. The number of nitrogens with one attached hydrogen (secondary N) is 1. The van der Waals surface area contributed by atoms with Crippen LogP contribution in [0.4, 0.5) is 0 Å². The van der Waals surface area contributed by atoms with E-state index in [0.29, 0.717) is 6.42 Å². The first kappa shape index (κ1) is 17.2. The van der Waals surface area contributed by atoms with Gasteiger partial charge in [0.05, 0.1) is 17.7 Å². The normalized spacial score (nSPS) is 20.5. The van der Waals surface area contributed by atoms with Crippen LogP contribution in [0.25, 0.3) is 10.9 Å². The van der Waals surface area contributed by atoms with Gasteiger partial charge in [-0.25, -0.2) is 0 Å². The van der Waals surface area contributed by atoms with E-state index in [2.05, 4.69) is 27.8 Å². The van der Waals surface area contributed by atoms with E-state index in [0.717, 1.165) is 35.7 Å². The van der Waals surface area contributed by atoms with Crippen LogP contribution in [0.1, 0.15) is 36.4 Å². The molecule has 4 nitrogen and oxygen atoms in total. The molecule has 5 heteroatoms. The fraction of sp³-hybridized carbons (Fsp3) is 0.333. The van der Waals surface area contributed by atoms with Gasteiger partial charge in [0.2, 0.25) is 5.91 Å². The highest BCUT2D eigenvalue weighted by atomic mass is 32.1. The van der Waals surface area contributed by atoms with E-state index in [1.165, 1.54) is 5.56 Å². The highest BCUT2D eigenvalue weighted by Crippen LogP contribution is 2.38. The number of aliphatic hydroxyl groups is 1. The average Bonchev–Trinajstić information content (AvgIpc) is 3.15. The number of amides is 1. The minimum Gasteiger partial charge on any atom is -0.393 e. The summed E-state index contributed by atoms with van der Waals surface area (Å²) in [6.07, 6.45) is 4.29. The van der Waals surface area contributed by atoms with Crippen LogP contribution in [-0.4, -0.2) is 22.1 Å². The van der Waals surface area contributed by atoms with Crippen molar-refractivity contribution in [2.24, 2.45) is 5.92 Å². The van der Waals surface area contributed by atoms with Crippen LogP contribution in [0.3, 0.4) is 0 Å². The van der Waals surface area contributed by atoms with Crippen LogP contribution in [0.15, 0.2) is 53.4 Å². The van der Waals surface area contributed by atoms with Gasteiger partial charge in [-0.3, -0.25) is 9.78 Å². The van der Waals surface area contributed by atoms with Crippen molar-refractivity contribution in [2.75, 3.05) is 0 Å². The number of carbonyl (C=O) groups is 1. The molecule has 134 valence electrons. The Morgan fingerprint density at radius 3 is 2.92 bits per heavy atom. The maximum Gasteiger partial charge on any atom is 0.220 e. The van der Waals surface area contributed by atoms with Crippen molar-refractivity contribution in [3.63, 3.8) is 0 Å². The minimum absolute atomic E-state index is 0.0516. The summed E-state index contributed by atoms with van der Waals surface area (Å²) in [5.74, 6) is 0.314. The number of nitrogens with zero attached hydrogens (tertiary/aromatic N) is 1. The molecular weight excluding hydrogens is 344 g/mol. The second kappa shape index (κ2) is 7.56. The summed E-state index contributed by atoms with van der Waals surface area (Å²) in [5, 5.41) is 18.1. The van der Waals surface area contributed by atoms with Gasteiger partial charge in [-0.1, -0.05) is 18.2 Å². The fourth-order valence-corrected chi connectivity index (χ4v) is 4.28. The zero-order valence-electron chi connectivity index (χ0n) is 14.5. The SMILES string of the molecule is O=C(CCc1ccsc1)N[C@@H](c1cnc2ccccc2c1)C1CC(O)C1. The molecule has 1 saturated carbocycles.